The van der Waals surface area contributed by atoms with Crippen molar-refractivity contribution in [1.82, 2.24) is 0 Å². The molecule has 0 fully saturated rings. The van der Waals surface area contributed by atoms with E-state index in [-0.39, 0.29) is 0 Å². The first kappa shape index (κ1) is 13.9. The van der Waals surface area contributed by atoms with Crippen LogP contribution in [0.3, 0.4) is 0 Å². The van der Waals surface area contributed by atoms with Crippen LogP contribution in [-0.4, -0.2) is 31.3 Å². The van der Waals surface area contributed by atoms with Gasteiger partial charge < -0.3 is 20.5 Å². The van der Waals surface area contributed by atoms with Crippen LogP contribution in [0.15, 0.2) is 30.9 Å². The quantitative estimate of drug-likeness (QED) is 0.768. The lowest BCUT2D eigenvalue weighted by molar-refractivity contribution is 0.165. The van der Waals surface area contributed by atoms with E-state index in [1.807, 2.05) is 24.3 Å². The normalized spacial score (nSPS) is 15.6. The molecular formula is C15H22N2O2. The molecule has 0 aromatic heterocycles. The Balaban J connectivity index is 2.20. The van der Waals surface area contributed by atoms with Crippen molar-refractivity contribution >= 4 is 5.69 Å². The molecule has 1 heterocycles. The van der Waals surface area contributed by atoms with Gasteiger partial charge in [0.15, 0.2) is 0 Å². The van der Waals surface area contributed by atoms with E-state index in [1.165, 1.54) is 0 Å². The Hall–Kier alpha value is -1.52. The maximum Gasteiger partial charge on any atom is 0.142 e. The second kappa shape index (κ2) is 6.59. The third-order valence-corrected chi connectivity index (χ3v) is 3.36. The van der Waals surface area contributed by atoms with Crippen molar-refractivity contribution in [3.05, 3.63) is 36.4 Å². The topological polar surface area (TPSA) is 58.7 Å². The molecule has 0 amide bonds. The summed E-state index contributed by atoms with van der Waals surface area (Å²) in [5, 5.41) is 10.1. The zero-order valence-electron chi connectivity index (χ0n) is 11.2. The molecule has 1 atom stereocenters. The second-order valence-electron chi connectivity index (χ2n) is 4.76. The number of hydrogen-bond donors (Lipinski definition) is 2. The predicted octanol–water partition coefficient (Wildman–Crippen LogP) is 1.84. The Morgan fingerprint density at radius 3 is 3.11 bits per heavy atom. The van der Waals surface area contributed by atoms with E-state index in [0.29, 0.717) is 19.6 Å². The Bertz CT molecular complexity index is 434. The van der Waals surface area contributed by atoms with E-state index in [9.17, 15) is 5.11 Å². The lowest BCUT2D eigenvalue weighted by Gasteiger charge is -2.31. The molecule has 2 rings (SSSR count). The average Bonchev–Trinajstić information content (AvgIpc) is 2.45. The van der Waals surface area contributed by atoms with Gasteiger partial charge in [-0.3, -0.25) is 0 Å². The Morgan fingerprint density at radius 2 is 2.37 bits per heavy atom. The van der Waals surface area contributed by atoms with Crippen molar-refractivity contribution < 1.29 is 9.84 Å². The Morgan fingerprint density at radius 1 is 1.53 bits per heavy atom. The van der Waals surface area contributed by atoms with Crippen molar-refractivity contribution in [2.24, 2.45) is 5.73 Å². The van der Waals surface area contributed by atoms with Crippen LogP contribution in [0.5, 0.6) is 5.75 Å². The second-order valence-corrected chi connectivity index (χ2v) is 4.76. The number of nitrogens with two attached hydrogens (primary N) is 1. The molecule has 0 saturated heterocycles. The van der Waals surface area contributed by atoms with Crippen LogP contribution in [0.1, 0.15) is 24.5 Å². The third-order valence-electron chi connectivity index (χ3n) is 3.36. The predicted molar refractivity (Wildman–Crippen MR) is 77.6 cm³/mol. The van der Waals surface area contributed by atoms with Crippen LogP contribution in [0.2, 0.25) is 0 Å². The molecule has 0 radical (unpaired) electrons. The molecule has 19 heavy (non-hydrogen) atoms. The first-order valence-electron chi connectivity index (χ1n) is 6.77. The van der Waals surface area contributed by atoms with Crippen LogP contribution in [0, 0.1) is 0 Å². The van der Waals surface area contributed by atoms with Crippen molar-refractivity contribution in [1.29, 1.82) is 0 Å². The molecule has 0 spiro atoms. The van der Waals surface area contributed by atoms with E-state index in [4.69, 9.17) is 10.5 Å². The van der Waals surface area contributed by atoms with Crippen LogP contribution in [0.4, 0.5) is 5.69 Å². The minimum atomic E-state index is -0.457. The molecule has 1 aliphatic rings. The number of anilines is 1. The van der Waals surface area contributed by atoms with Gasteiger partial charge in [-0.05, 0) is 37.1 Å². The molecule has 104 valence electrons. The summed E-state index contributed by atoms with van der Waals surface area (Å²) in [4.78, 5) is 2.21. The van der Waals surface area contributed by atoms with E-state index in [1.54, 1.807) is 0 Å². The number of aliphatic hydroxyl groups excluding tert-OH is 1. The molecule has 1 aliphatic heterocycles. The summed E-state index contributed by atoms with van der Waals surface area (Å²) < 4.78 is 5.64. The van der Waals surface area contributed by atoms with Crippen molar-refractivity contribution in [2.75, 3.05) is 31.1 Å². The fraction of sp³-hybridized carbons (Fsp3) is 0.467. The van der Waals surface area contributed by atoms with Crippen molar-refractivity contribution in [3.63, 3.8) is 0 Å². The van der Waals surface area contributed by atoms with E-state index >= 15 is 0 Å². The molecule has 4 heteroatoms. The third kappa shape index (κ3) is 3.28. The van der Waals surface area contributed by atoms with E-state index in [2.05, 4.69) is 11.5 Å². The van der Waals surface area contributed by atoms with E-state index < -0.39 is 6.10 Å². The number of benzene rings is 1. The minimum absolute atomic E-state index is 0.457. The minimum Gasteiger partial charge on any atom is -0.490 e. The maximum atomic E-state index is 10.1. The highest BCUT2D eigenvalue weighted by molar-refractivity contribution is 5.62. The van der Waals surface area contributed by atoms with Crippen LogP contribution < -0.4 is 15.4 Å². The summed E-state index contributed by atoms with van der Waals surface area (Å²) in [5.74, 6) is 0.878. The average molecular weight is 262 g/mol. The smallest absolute Gasteiger partial charge is 0.142 e. The van der Waals surface area contributed by atoms with Crippen LogP contribution >= 0.6 is 0 Å². The summed E-state index contributed by atoms with van der Waals surface area (Å²) in [5.41, 5.74) is 7.44. The van der Waals surface area contributed by atoms with Gasteiger partial charge in [-0.25, -0.2) is 0 Å². The number of hydrogen-bond acceptors (Lipinski definition) is 4. The highest BCUT2D eigenvalue weighted by Gasteiger charge is 2.19. The standard InChI is InChI=1S/C15H22N2O2/c1-2-8-17-9-10-19-15-6-5-12(11-13(15)17)14(18)4-3-7-16/h2,5-6,11,14,18H,1,3-4,7-10,16H2. The molecule has 1 unspecified atom stereocenters. The maximum absolute atomic E-state index is 10.1. The van der Waals surface area contributed by atoms with Crippen LogP contribution in [-0.2, 0) is 0 Å². The zero-order valence-corrected chi connectivity index (χ0v) is 11.2. The number of nitrogens with zero attached hydrogens (tertiary/aromatic N) is 1. The number of rotatable bonds is 6. The lowest BCUT2D eigenvalue weighted by Crippen LogP contribution is -2.32. The van der Waals surface area contributed by atoms with Crippen molar-refractivity contribution in [2.45, 2.75) is 18.9 Å². The Labute approximate surface area is 114 Å². The van der Waals surface area contributed by atoms with E-state index in [0.717, 1.165) is 36.5 Å². The molecular weight excluding hydrogens is 240 g/mol. The fourth-order valence-corrected chi connectivity index (χ4v) is 2.32. The van der Waals surface area contributed by atoms with Gasteiger partial charge in [0.1, 0.15) is 12.4 Å². The first-order valence-corrected chi connectivity index (χ1v) is 6.77. The van der Waals surface area contributed by atoms with Gasteiger partial charge in [0, 0.05) is 6.54 Å². The largest absolute Gasteiger partial charge is 0.490 e. The summed E-state index contributed by atoms with van der Waals surface area (Å²) >= 11 is 0. The monoisotopic (exact) mass is 262 g/mol. The molecule has 1 aromatic carbocycles. The van der Waals surface area contributed by atoms with Crippen molar-refractivity contribution in [3.8, 4) is 5.75 Å². The summed E-state index contributed by atoms with van der Waals surface area (Å²) in [6.45, 7) is 6.71. The summed E-state index contributed by atoms with van der Waals surface area (Å²) in [6, 6.07) is 5.88. The van der Waals surface area contributed by atoms with Gasteiger partial charge in [0.2, 0.25) is 0 Å². The van der Waals surface area contributed by atoms with Gasteiger partial charge in [-0.1, -0.05) is 12.1 Å². The van der Waals surface area contributed by atoms with Gasteiger partial charge in [-0.2, -0.15) is 0 Å². The van der Waals surface area contributed by atoms with Gasteiger partial charge in [-0.15, -0.1) is 6.58 Å². The van der Waals surface area contributed by atoms with Gasteiger partial charge in [0.25, 0.3) is 0 Å². The lowest BCUT2D eigenvalue weighted by atomic mass is 10.0. The number of ether oxygens (including phenoxy) is 1. The molecule has 1 aromatic rings. The highest BCUT2D eigenvalue weighted by atomic mass is 16.5. The molecule has 0 aliphatic carbocycles. The fourth-order valence-electron chi connectivity index (χ4n) is 2.32. The summed E-state index contributed by atoms with van der Waals surface area (Å²) in [6.07, 6.45) is 2.94. The Kier molecular flexibility index (Phi) is 4.82. The summed E-state index contributed by atoms with van der Waals surface area (Å²) in [7, 11) is 0. The molecule has 3 N–H and O–H groups in total. The first-order chi connectivity index (χ1) is 9.26. The van der Waals surface area contributed by atoms with Gasteiger partial charge >= 0.3 is 0 Å². The SMILES string of the molecule is C=CCN1CCOc2ccc(C(O)CCCN)cc21. The molecule has 4 nitrogen and oxygen atoms in total. The van der Waals surface area contributed by atoms with Crippen LogP contribution in [0.25, 0.3) is 0 Å². The number of fused-ring (bicyclic) bond motifs is 1. The molecule has 0 saturated carbocycles. The van der Waals surface area contributed by atoms with Gasteiger partial charge in [0.05, 0.1) is 18.3 Å². The molecule has 0 bridgehead atoms. The highest BCUT2D eigenvalue weighted by Crippen LogP contribution is 2.34. The zero-order chi connectivity index (χ0) is 13.7. The number of aliphatic hydroxyl groups is 1.